The van der Waals surface area contributed by atoms with Crippen molar-refractivity contribution < 1.29 is 4.79 Å². The number of Topliss-reactive ketones (excluding diaryl/α,β-unsaturated/α-hetero) is 1. The number of nitrogens with one attached hydrogen (secondary N) is 1. The molecule has 1 aliphatic rings. The first-order valence-electron chi connectivity index (χ1n) is 13.0. The van der Waals surface area contributed by atoms with E-state index >= 15 is 0 Å². The third-order valence-corrected chi connectivity index (χ3v) is 6.90. The average Bonchev–Trinajstić information content (AvgIpc) is 3.59. The Bertz CT molecular complexity index is 1270. The molecule has 3 heterocycles. The summed E-state index contributed by atoms with van der Waals surface area (Å²) in [5, 5.41) is 19.0. The van der Waals surface area contributed by atoms with Gasteiger partial charge in [0.25, 0.3) is 0 Å². The number of aromatic nitrogens is 8. The number of carbonyl (C=O) groups is 1. The summed E-state index contributed by atoms with van der Waals surface area (Å²) in [7, 11) is 0. The summed E-state index contributed by atoms with van der Waals surface area (Å²) in [5.41, 5.74) is 3.69. The smallest absolute Gasteiger partial charge is 0.217 e. The molecule has 0 bridgehead atoms. The molecule has 9 nitrogen and oxygen atoms in total. The fourth-order valence-electron chi connectivity index (χ4n) is 4.91. The summed E-state index contributed by atoms with van der Waals surface area (Å²) in [4.78, 5) is 22.2. The molecule has 1 saturated carbocycles. The first-order valence-corrected chi connectivity index (χ1v) is 13.0. The molecule has 0 radical (unpaired) electrons. The Morgan fingerprint density at radius 1 is 1.11 bits per heavy atom. The van der Waals surface area contributed by atoms with E-state index in [9.17, 15) is 4.79 Å². The Balaban J connectivity index is 1.34. The van der Waals surface area contributed by atoms with Crippen LogP contribution < -0.4 is 0 Å². The number of nitrogens with zero attached hydrogens (tertiary/aromatic N) is 7. The maximum absolute atomic E-state index is 13.0. The number of unbranched alkanes of at least 4 members (excludes halogenated alkanes) is 1. The highest BCUT2D eigenvalue weighted by molar-refractivity contribution is 5.92. The predicted molar refractivity (Wildman–Crippen MR) is 136 cm³/mol. The van der Waals surface area contributed by atoms with Crippen LogP contribution in [-0.4, -0.2) is 46.2 Å². The number of ketones is 1. The molecule has 1 aliphatic carbocycles. The van der Waals surface area contributed by atoms with Crippen LogP contribution in [0.3, 0.4) is 0 Å². The van der Waals surface area contributed by atoms with E-state index in [1.54, 1.807) is 6.20 Å². The molecule has 5 rings (SSSR count). The molecule has 186 valence electrons. The zero-order valence-corrected chi connectivity index (χ0v) is 20.7. The fourth-order valence-corrected chi connectivity index (χ4v) is 4.91. The molecule has 0 atom stereocenters. The summed E-state index contributed by atoms with van der Waals surface area (Å²) in [6, 6.07) is 12.0. The Labute approximate surface area is 210 Å². The molecule has 0 unspecified atom stereocenters. The first kappa shape index (κ1) is 24.0. The molecule has 4 aromatic rings. The second-order valence-electron chi connectivity index (χ2n) is 9.57. The zero-order valence-electron chi connectivity index (χ0n) is 20.7. The van der Waals surface area contributed by atoms with Gasteiger partial charge >= 0.3 is 0 Å². The number of benzene rings is 1. The number of aromatic amines is 1. The molecule has 1 fully saturated rings. The number of hydrogen-bond acceptors (Lipinski definition) is 7. The minimum absolute atomic E-state index is 0.0814. The van der Waals surface area contributed by atoms with Gasteiger partial charge in [-0.05, 0) is 35.2 Å². The quantitative estimate of drug-likeness (QED) is 0.313. The van der Waals surface area contributed by atoms with Crippen LogP contribution in [0, 0.1) is 5.92 Å². The van der Waals surface area contributed by atoms with Crippen molar-refractivity contribution in [2.75, 3.05) is 0 Å². The third-order valence-electron chi connectivity index (χ3n) is 6.90. The van der Waals surface area contributed by atoms with Gasteiger partial charge < -0.3 is 0 Å². The molecule has 1 aromatic carbocycles. The zero-order chi connectivity index (χ0) is 24.7. The van der Waals surface area contributed by atoms with Crippen LogP contribution in [0.1, 0.15) is 80.3 Å². The molecule has 0 saturated heterocycles. The predicted octanol–water partition coefficient (Wildman–Crippen LogP) is 5.06. The minimum atomic E-state index is 0.0814. The monoisotopic (exact) mass is 484 g/mol. The number of tetrazole rings is 1. The van der Waals surface area contributed by atoms with Crippen LogP contribution in [-0.2, 0) is 13.0 Å². The molecule has 0 spiro atoms. The van der Waals surface area contributed by atoms with Crippen molar-refractivity contribution in [3.8, 4) is 22.6 Å². The van der Waals surface area contributed by atoms with Gasteiger partial charge in [0.05, 0.1) is 5.69 Å². The molecule has 9 heteroatoms. The van der Waals surface area contributed by atoms with Gasteiger partial charge in [-0.15, -0.1) is 15.3 Å². The lowest BCUT2D eigenvalue weighted by atomic mass is 9.86. The van der Waals surface area contributed by atoms with Gasteiger partial charge in [-0.3, -0.25) is 9.78 Å². The summed E-state index contributed by atoms with van der Waals surface area (Å²) in [6.45, 7) is 2.93. The largest absolute Gasteiger partial charge is 0.291 e. The summed E-state index contributed by atoms with van der Waals surface area (Å²) in [5.74, 6) is 2.29. The van der Waals surface area contributed by atoms with Gasteiger partial charge in [-0.25, -0.2) is 9.67 Å². The molecule has 1 N–H and O–H groups in total. The fraction of sp³-hybridized carbons (Fsp3) is 0.444. The van der Waals surface area contributed by atoms with Crippen LogP contribution in [0.25, 0.3) is 22.6 Å². The van der Waals surface area contributed by atoms with E-state index in [4.69, 9.17) is 4.98 Å². The van der Waals surface area contributed by atoms with E-state index in [0.29, 0.717) is 30.4 Å². The standard InChI is InChI=1S/C27H32N8O/c1-2-3-16-35-24(29-27(32-35)23(36)17-19-8-5-4-6-9-19)18-20-11-13-21(14-12-20)25-22(10-7-15-28-25)26-30-33-34-31-26/h7,10-15,19H,2-6,8-9,16-18H2,1H3,(H,30,31,33,34). The van der Waals surface area contributed by atoms with Crippen LogP contribution in [0.15, 0.2) is 42.6 Å². The van der Waals surface area contributed by atoms with Crippen molar-refractivity contribution in [2.45, 2.75) is 71.3 Å². The molecule has 36 heavy (non-hydrogen) atoms. The van der Waals surface area contributed by atoms with Crippen LogP contribution in [0.5, 0.6) is 0 Å². The number of hydrogen-bond donors (Lipinski definition) is 1. The van der Waals surface area contributed by atoms with E-state index < -0.39 is 0 Å². The Morgan fingerprint density at radius 3 is 2.69 bits per heavy atom. The van der Waals surface area contributed by atoms with Gasteiger partial charge in [0.1, 0.15) is 5.82 Å². The van der Waals surface area contributed by atoms with Gasteiger partial charge in [0.15, 0.2) is 0 Å². The van der Waals surface area contributed by atoms with E-state index in [1.165, 1.54) is 19.3 Å². The van der Waals surface area contributed by atoms with E-state index in [-0.39, 0.29) is 5.78 Å². The summed E-state index contributed by atoms with van der Waals surface area (Å²) in [6.07, 6.45) is 11.0. The number of pyridine rings is 1. The number of H-pyrrole nitrogens is 1. The lowest BCUT2D eigenvalue weighted by Gasteiger charge is -2.19. The number of carbonyl (C=O) groups excluding carboxylic acids is 1. The highest BCUT2D eigenvalue weighted by Gasteiger charge is 2.22. The first-order chi connectivity index (χ1) is 17.7. The van der Waals surface area contributed by atoms with Crippen LogP contribution in [0.4, 0.5) is 0 Å². The molecular formula is C27H32N8O. The Hall–Kier alpha value is -3.75. The van der Waals surface area contributed by atoms with Crippen LogP contribution in [0.2, 0.25) is 0 Å². The maximum Gasteiger partial charge on any atom is 0.217 e. The third kappa shape index (κ3) is 5.56. The topological polar surface area (TPSA) is 115 Å². The molecule has 0 aliphatic heterocycles. The minimum Gasteiger partial charge on any atom is -0.291 e. The van der Waals surface area contributed by atoms with Gasteiger partial charge in [0, 0.05) is 36.7 Å². The Morgan fingerprint density at radius 2 is 1.94 bits per heavy atom. The van der Waals surface area contributed by atoms with Crippen molar-refractivity contribution >= 4 is 5.78 Å². The lowest BCUT2D eigenvalue weighted by Crippen LogP contribution is -2.13. The van der Waals surface area contributed by atoms with E-state index in [1.807, 2.05) is 28.9 Å². The van der Waals surface area contributed by atoms with Crippen LogP contribution >= 0.6 is 0 Å². The van der Waals surface area contributed by atoms with Crippen molar-refractivity contribution in [3.63, 3.8) is 0 Å². The highest BCUT2D eigenvalue weighted by atomic mass is 16.1. The normalized spacial score (nSPS) is 14.2. The van der Waals surface area contributed by atoms with Gasteiger partial charge in [0.2, 0.25) is 17.4 Å². The van der Waals surface area contributed by atoms with E-state index in [0.717, 1.165) is 60.4 Å². The van der Waals surface area contributed by atoms with Crippen molar-refractivity contribution in [2.24, 2.45) is 5.92 Å². The molecular weight excluding hydrogens is 452 g/mol. The van der Waals surface area contributed by atoms with Crippen molar-refractivity contribution in [1.29, 1.82) is 0 Å². The SMILES string of the molecule is CCCCn1nc(C(=O)CC2CCCCC2)nc1Cc1ccc(-c2ncccc2-c2nn[nH]n2)cc1. The molecule has 0 amide bonds. The average molecular weight is 485 g/mol. The number of aryl methyl sites for hydroxylation is 1. The highest BCUT2D eigenvalue weighted by Crippen LogP contribution is 2.29. The van der Waals surface area contributed by atoms with Crippen molar-refractivity contribution in [1.82, 2.24) is 40.4 Å². The van der Waals surface area contributed by atoms with E-state index in [2.05, 4.69) is 49.8 Å². The van der Waals surface area contributed by atoms with Gasteiger partial charge in [-0.2, -0.15) is 5.21 Å². The maximum atomic E-state index is 13.0. The Kier molecular flexibility index (Phi) is 7.54. The second kappa shape index (κ2) is 11.3. The summed E-state index contributed by atoms with van der Waals surface area (Å²) < 4.78 is 1.93. The molecule has 3 aromatic heterocycles. The number of rotatable bonds is 10. The second-order valence-corrected chi connectivity index (χ2v) is 9.57. The van der Waals surface area contributed by atoms with Crippen molar-refractivity contribution in [3.05, 3.63) is 59.8 Å². The van der Waals surface area contributed by atoms with Gasteiger partial charge in [-0.1, -0.05) is 69.7 Å². The lowest BCUT2D eigenvalue weighted by molar-refractivity contribution is 0.0939. The summed E-state index contributed by atoms with van der Waals surface area (Å²) >= 11 is 0.